The Labute approximate surface area is 122 Å². The van der Waals surface area contributed by atoms with Gasteiger partial charge in [0.2, 0.25) is 0 Å². The molecule has 0 unspecified atom stereocenters. The molecule has 0 aliphatic carbocycles. The number of benzene rings is 1. The van der Waals surface area contributed by atoms with Crippen molar-refractivity contribution in [3.05, 3.63) is 47.4 Å². The molecule has 0 atom stereocenters. The summed E-state index contributed by atoms with van der Waals surface area (Å²) in [4.78, 5) is 10.7. The smallest absolute Gasteiger partial charge is 0.190 e. The van der Waals surface area contributed by atoms with E-state index in [9.17, 15) is 0 Å². The Bertz CT molecular complexity index is 681. The number of aryl methyl sites for hydroxylation is 2. The Balaban J connectivity index is 1.95. The highest BCUT2D eigenvalue weighted by Crippen LogP contribution is 2.32. The highest BCUT2D eigenvalue weighted by Gasteiger charge is 2.19. The first-order valence-electron chi connectivity index (χ1n) is 6.86. The molecule has 0 radical (unpaired) electrons. The molecule has 0 fully saturated rings. The van der Waals surface area contributed by atoms with Crippen LogP contribution in [0.25, 0.3) is 0 Å². The van der Waals surface area contributed by atoms with E-state index in [-0.39, 0.29) is 5.84 Å². The van der Waals surface area contributed by atoms with Gasteiger partial charge in [-0.3, -0.25) is 0 Å². The second-order valence-corrected chi connectivity index (χ2v) is 5.13. The van der Waals surface area contributed by atoms with E-state index in [0.717, 1.165) is 25.2 Å². The van der Waals surface area contributed by atoms with Crippen molar-refractivity contribution >= 4 is 17.3 Å². The summed E-state index contributed by atoms with van der Waals surface area (Å²) >= 11 is 0. The van der Waals surface area contributed by atoms with Crippen molar-refractivity contribution in [3.8, 4) is 0 Å². The highest BCUT2D eigenvalue weighted by atomic mass is 16.4. The van der Waals surface area contributed by atoms with Crippen LogP contribution < -0.4 is 10.6 Å². The molecule has 3 rings (SSSR count). The van der Waals surface area contributed by atoms with Gasteiger partial charge < -0.3 is 15.8 Å². The maximum absolute atomic E-state index is 8.65. The molecule has 108 valence electrons. The van der Waals surface area contributed by atoms with Crippen LogP contribution in [0.1, 0.15) is 23.2 Å². The third kappa shape index (κ3) is 2.52. The van der Waals surface area contributed by atoms with Gasteiger partial charge in [0.25, 0.3) is 0 Å². The summed E-state index contributed by atoms with van der Waals surface area (Å²) in [5.41, 5.74) is 9.65. The zero-order valence-corrected chi connectivity index (χ0v) is 11.8. The van der Waals surface area contributed by atoms with Crippen molar-refractivity contribution in [2.24, 2.45) is 10.9 Å². The molecule has 1 aromatic carbocycles. The molecule has 0 amide bonds. The maximum Gasteiger partial charge on any atom is 0.190 e. The van der Waals surface area contributed by atoms with E-state index in [1.165, 1.54) is 23.0 Å². The van der Waals surface area contributed by atoms with Gasteiger partial charge >= 0.3 is 0 Å². The fraction of sp³-hybridized carbons (Fsp3) is 0.267. The minimum Gasteiger partial charge on any atom is -0.409 e. The molecule has 6 nitrogen and oxygen atoms in total. The second-order valence-electron chi connectivity index (χ2n) is 5.13. The minimum atomic E-state index is -0.0382. The van der Waals surface area contributed by atoms with Crippen LogP contribution in [0, 0.1) is 6.92 Å². The van der Waals surface area contributed by atoms with E-state index in [4.69, 9.17) is 10.9 Å². The number of nitrogens with two attached hydrogens (primary N) is 1. The van der Waals surface area contributed by atoms with Crippen LogP contribution in [0.4, 0.5) is 11.5 Å². The summed E-state index contributed by atoms with van der Waals surface area (Å²) < 4.78 is 0. The lowest BCUT2D eigenvalue weighted by Gasteiger charge is -2.30. The molecule has 0 saturated heterocycles. The molecule has 0 spiro atoms. The summed E-state index contributed by atoms with van der Waals surface area (Å²) in [5, 5.41) is 11.6. The third-order valence-corrected chi connectivity index (χ3v) is 3.64. The van der Waals surface area contributed by atoms with Gasteiger partial charge in [0.05, 0.1) is 12.4 Å². The van der Waals surface area contributed by atoms with Gasteiger partial charge in [-0.05, 0) is 31.4 Å². The van der Waals surface area contributed by atoms with Crippen LogP contribution in [0.2, 0.25) is 0 Å². The van der Waals surface area contributed by atoms with Crippen LogP contribution in [-0.2, 0) is 6.42 Å². The van der Waals surface area contributed by atoms with Gasteiger partial charge in [-0.25, -0.2) is 9.97 Å². The molecule has 1 aromatic heterocycles. The zero-order valence-electron chi connectivity index (χ0n) is 11.8. The van der Waals surface area contributed by atoms with Gasteiger partial charge in [-0.1, -0.05) is 22.9 Å². The highest BCUT2D eigenvalue weighted by molar-refractivity contribution is 5.94. The van der Waals surface area contributed by atoms with Crippen LogP contribution in [0.15, 0.2) is 35.7 Å². The van der Waals surface area contributed by atoms with E-state index in [1.54, 1.807) is 6.20 Å². The predicted octanol–water partition coefficient (Wildman–Crippen LogP) is 1.96. The molecule has 1 aliphatic rings. The SMILES string of the molecule is Cc1ccc2c(c1)CCCN2c1cnc(C(N)=NO)cn1. The van der Waals surface area contributed by atoms with Gasteiger partial charge in [-0.2, -0.15) is 0 Å². The number of anilines is 2. The van der Waals surface area contributed by atoms with Crippen molar-refractivity contribution in [1.29, 1.82) is 0 Å². The summed E-state index contributed by atoms with van der Waals surface area (Å²) in [5.74, 6) is 0.734. The molecule has 1 aliphatic heterocycles. The maximum atomic E-state index is 8.65. The lowest BCUT2D eigenvalue weighted by atomic mass is 10.00. The van der Waals surface area contributed by atoms with Gasteiger partial charge in [0.15, 0.2) is 11.7 Å². The Morgan fingerprint density at radius 1 is 1.33 bits per heavy atom. The first-order valence-corrected chi connectivity index (χ1v) is 6.86. The zero-order chi connectivity index (χ0) is 14.8. The van der Waals surface area contributed by atoms with Gasteiger partial charge in [0.1, 0.15) is 5.69 Å². The third-order valence-electron chi connectivity index (χ3n) is 3.64. The molecular weight excluding hydrogens is 266 g/mol. The first-order chi connectivity index (χ1) is 10.2. The second kappa shape index (κ2) is 5.40. The molecule has 0 saturated carbocycles. The summed E-state index contributed by atoms with van der Waals surface area (Å²) in [6.07, 6.45) is 5.35. The van der Waals surface area contributed by atoms with Crippen LogP contribution in [-0.4, -0.2) is 27.6 Å². The normalized spacial score (nSPS) is 14.9. The Kier molecular flexibility index (Phi) is 3.43. The molecule has 6 heteroatoms. The predicted molar refractivity (Wildman–Crippen MR) is 81.0 cm³/mol. The van der Waals surface area contributed by atoms with Crippen molar-refractivity contribution < 1.29 is 5.21 Å². The van der Waals surface area contributed by atoms with E-state index < -0.39 is 0 Å². The first kappa shape index (κ1) is 13.4. The summed E-state index contributed by atoms with van der Waals surface area (Å²) in [6.45, 7) is 3.01. The fourth-order valence-corrected chi connectivity index (χ4v) is 2.61. The molecule has 0 bridgehead atoms. The topological polar surface area (TPSA) is 87.6 Å². The monoisotopic (exact) mass is 283 g/mol. The summed E-state index contributed by atoms with van der Waals surface area (Å²) in [6, 6.07) is 6.46. The van der Waals surface area contributed by atoms with Crippen molar-refractivity contribution in [2.45, 2.75) is 19.8 Å². The number of hydrogen-bond donors (Lipinski definition) is 2. The number of amidine groups is 1. The van der Waals surface area contributed by atoms with E-state index in [1.807, 2.05) is 0 Å². The number of aromatic nitrogens is 2. The summed E-state index contributed by atoms with van der Waals surface area (Å²) in [7, 11) is 0. The standard InChI is InChI=1S/C15H17N5O/c1-10-4-5-13-11(7-10)3-2-6-20(13)14-9-17-12(8-18-14)15(16)19-21/h4-5,7-9,21H,2-3,6H2,1H3,(H2,16,19). The Morgan fingerprint density at radius 3 is 2.90 bits per heavy atom. The number of rotatable bonds is 2. The number of fused-ring (bicyclic) bond motifs is 1. The van der Waals surface area contributed by atoms with E-state index in [2.05, 4.69) is 45.1 Å². The minimum absolute atomic E-state index is 0.0382. The Hall–Kier alpha value is -2.63. The molecule has 2 heterocycles. The van der Waals surface area contributed by atoms with Crippen LogP contribution in [0.5, 0.6) is 0 Å². The van der Waals surface area contributed by atoms with Crippen LogP contribution >= 0.6 is 0 Å². The lowest BCUT2D eigenvalue weighted by Crippen LogP contribution is -2.26. The lowest BCUT2D eigenvalue weighted by molar-refractivity contribution is 0.318. The van der Waals surface area contributed by atoms with E-state index in [0.29, 0.717) is 5.69 Å². The van der Waals surface area contributed by atoms with Crippen molar-refractivity contribution in [2.75, 3.05) is 11.4 Å². The average molecular weight is 283 g/mol. The number of oxime groups is 1. The van der Waals surface area contributed by atoms with Gasteiger partial charge in [-0.15, -0.1) is 0 Å². The fourth-order valence-electron chi connectivity index (χ4n) is 2.61. The Morgan fingerprint density at radius 2 is 2.19 bits per heavy atom. The molecule has 3 N–H and O–H groups in total. The van der Waals surface area contributed by atoms with E-state index >= 15 is 0 Å². The number of hydrogen-bond acceptors (Lipinski definition) is 5. The quantitative estimate of drug-likeness (QED) is 0.381. The molecule has 2 aromatic rings. The van der Waals surface area contributed by atoms with Crippen molar-refractivity contribution in [3.63, 3.8) is 0 Å². The molecular formula is C15H17N5O. The van der Waals surface area contributed by atoms with Crippen LogP contribution in [0.3, 0.4) is 0 Å². The van der Waals surface area contributed by atoms with Gasteiger partial charge in [0, 0.05) is 12.2 Å². The number of nitrogens with zero attached hydrogens (tertiary/aromatic N) is 4. The van der Waals surface area contributed by atoms with Crippen molar-refractivity contribution in [1.82, 2.24) is 9.97 Å². The molecule has 21 heavy (non-hydrogen) atoms. The largest absolute Gasteiger partial charge is 0.409 e. The average Bonchev–Trinajstić information content (AvgIpc) is 2.53.